The first-order valence-electron chi connectivity index (χ1n) is 13.2. The van der Waals surface area contributed by atoms with Crippen molar-refractivity contribution >= 4 is 27.5 Å². The van der Waals surface area contributed by atoms with Crippen LogP contribution in [-0.4, -0.2) is 73.4 Å². The summed E-state index contributed by atoms with van der Waals surface area (Å²) in [6, 6.07) is 21.9. The molecule has 40 heavy (non-hydrogen) atoms. The van der Waals surface area contributed by atoms with E-state index in [4.69, 9.17) is 4.74 Å². The number of hydrogen-bond donors (Lipinski definition) is 2. The van der Waals surface area contributed by atoms with Gasteiger partial charge in [0.05, 0.1) is 41.8 Å². The highest BCUT2D eigenvalue weighted by Crippen LogP contribution is 2.35. The van der Waals surface area contributed by atoms with Gasteiger partial charge in [0, 0.05) is 19.5 Å². The van der Waals surface area contributed by atoms with Crippen LogP contribution in [0.15, 0.2) is 83.8 Å². The molecule has 0 saturated carbocycles. The largest absolute Gasteiger partial charge is 0.486 e. The lowest BCUT2D eigenvalue weighted by atomic mass is 9.99. The van der Waals surface area contributed by atoms with Gasteiger partial charge in [0.25, 0.3) is 5.91 Å². The second kappa shape index (κ2) is 12.6. The van der Waals surface area contributed by atoms with Crippen molar-refractivity contribution in [1.29, 1.82) is 0 Å². The van der Waals surface area contributed by atoms with E-state index < -0.39 is 22.2 Å². The molecular formula is C30H35N3O6S. The van der Waals surface area contributed by atoms with E-state index in [0.29, 0.717) is 5.69 Å². The zero-order valence-corrected chi connectivity index (χ0v) is 23.7. The van der Waals surface area contributed by atoms with E-state index in [-0.39, 0.29) is 60.1 Å². The van der Waals surface area contributed by atoms with E-state index in [0.717, 1.165) is 5.56 Å². The van der Waals surface area contributed by atoms with Crippen molar-refractivity contribution in [3.63, 3.8) is 0 Å². The van der Waals surface area contributed by atoms with Gasteiger partial charge in [-0.05, 0) is 36.8 Å². The van der Waals surface area contributed by atoms with Crippen LogP contribution in [-0.2, 0) is 21.2 Å². The van der Waals surface area contributed by atoms with Crippen LogP contribution < -0.4 is 10.1 Å². The summed E-state index contributed by atoms with van der Waals surface area (Å²) in [5, 5.41) is 12.8. The van der Waals surface area contributed by atoms with Crippen LogP contribution in [0, 0.1) is 5.92 Å². The molecule has 1 aliphatic rings. The number of aliphatic hydroxyl groups excluding tert-OH is 1. The maximum atomic E-state index is 13.7. The van der Waals surface area contributed by atoms with Crippen molar-refractivity contribution in [2.75, 3.05) is 32.1 Å². The van der Waals surface area contributed by atoms with Crippen LogP contribution in [0.25, 0.3) is 0 Å². The summed E-state index contributed by atoms with van der Waals surface area (Å²) >= 11 is 0. The minimum atomic E-state index is -3.81. The molecular weight excluding hydrogens is 530 g/mol. The number of likely N-dealkylation sites (N-methyl/N-ethyl adjacent to an activating group) is 1. The lowest BCUT2D eigenvalue weighted by Crippen LogP contribution is -2.50. The van der Waals surface area contributed by atoms with Crippen LogP contribution in [0.3, 0.4) is 0 Å². The Morgan fingerprint density at radius 1 is 1.07 bits per heavy atom. The predicted molar refractivity (Wildman–Crippen MR) is 153 cm³/mol. The number of nitrogens with one attached hydrogen (secondary N) is 1. The van der Waals surface area contributed by atoms with Gasteiger partial charge in [-0.2, -0.15) is 4.31 Å². The first-order valence-corrected chi connectivity index (χ1v) is 14.6. The maximum absolute atomic E-state index is 13.7. The quantitative estimate of drug-likeness (QED) is 0.411. The van der Waals surface area contributed by atoms with Gasteiger partial charge in [-0.3, -0.25) is 9.59 Å². The monoisotopic (exact) mass is 565 g/mol. The molecule has 212 valence electrons. The van der Waals surface area contributed by atoms with Crippen molar-refractivity contribution in [3.8, 4) is 5.75 Å². The number of amides is 2. The van der Waals surface area contributed by atoms with Gasteiger partial charge in [0.1, 0.15) is 6.10 Å². The number of benzene rings is 3. The smallest absolute Gasteiger partial charge is 0.258 e. The number of rotatable bonds is 9. The molecule has 3 atom stereocenters. The Bertz CT molecular complexity index is 1430. The molecule has 3 aromatic carbocycles. The molecule has 0 aromatic heterocycles. The molecule has 0 unspecified atom stereocenters. The Kier molecular flexibility index (Phi) is 9.24. The standard InChI is InChI=1S/C30H35N3O6S/c1-21-18-33(22(2)20-34)30(36)25-15-10-16-26(31-28(35)17-23-11-6-4-7-12-23)29(25)39-27(21)19-32(3)40(37,38)24-13-8-5-9-14-24/h4-16,21-22,27,34H,17-20H2,1-3H3,(H,31,35)/t21-,22+,27+/m0/s1. The molecule has 0 spiro atoms. The molecule has 3 aromatic rings. The molecule has 2 N–H and O–H groups in total. The van der Waals surface area contributed by atoms with Gasteiger partial charge < -0.3 is 20.1 Å². The number of nitrogens with zero attached hydrogens (tertiary/aromatic N) is 2. The predicted octanol–water partition coefficient (Wildman–Crippen LogP) is 3.41. The average molecular weight is 566 g/mol. The minimum absolute atomic E-state index is 0.000331. The molecule has 2 amide bonds. The Balaban J connectivity index is 1.69. The highest BCUT2D eigenvalue weighted by Gasteiger charge is 2.36. The van der Waals surface area contributed by atoms with Gasteiger partial charge in [0.15, 0.2) is 5.75 Å². The molecule has 0 radical (unpaired) electrons. The van der Waals surface area contributed by atoms with Crippen LogP contribution >= 0.6 is 0 Å². The number of carbonyl (C=O) groups excluding carboxylic acids is 2. The first-order chi connectivity index (χ1) is 19.1. The molecule has 0 fully saturated rings. The minimum Gasteiger partial charge on any atom is -0.486 e. The van der Waals surface area contributed by atoms with E-state index in [9.17, 15) is 23.1 Å². The zero-order valence-electron chi connectivity index (χ0n) is 22.9. The van der Waals surface area contributed by atoms with Crippen molar-refractivity contribution in [2.45, 2.75) is 37.3 Å². The third kappa shape index (κ3) is 6.52. The number of aliphatic hydroxyl groups is 1. The summed E-state index contributed by atoms with van der Waals surface area (Å²) in [6.07, 6.45) is -0.541. The Hall–Kier alpha value is -3.73. The van der Waals surface area contributed by atoms with Crippen LogP contribution in [0.1, 0.15) is 29.8 Å². The number of fused-ring (bicyclic) bond motifs is 1. The normalized spacial score (nSPS) is 18.3. The Morgan fingerprint density at radius 3 is 2.38 bits per heavy atom. The Morgan fingerprint density at radius 2 is 1.73 bits per heavy atom. The number of para-hydroxylation sites is 1. The van der Waals surface area contributed by atoms with Crippen molar-refractivity contribution in [3.05, 3.63) is 90.0 Å². The third-order valence-corrected chi connectivity index (χ3v) is 8.90. The zero-order chi connectivity index (χ0) is 28.9. The number of anilines is 1. The summed E-state index contributed by atoms with van der Waals surface area (Å²) in [5.41, 5.74) is 1.37. The van der Waals surface area contributed by atoms with Gasteiger partial charge in [-0.25, -0.2) is 8.42 Å². The number of hydrogen-bond acceptors (Lipinski definition) is 6. The molecule has 10 heteroatoms. The number of ether oxygens (including phenoxy) is 1. The van der Waals surface area contributed by atoms with Gasteiger partial charge >= 0.3 is 0 Å². The molecule has 4 rings (SSSR count). The van der Waals surface area contributed by atoms with Crippen LogP contribution in [0.2, 0.25) is 0 Å². The lowest BCUT2D eigenvalue weighted by Gasteiger charge is -2.38. The summed E-state index contributed by atoms with van der Waals surface area (Å²) < 4.78 is 34.2. The van der Waals surface area contributed by atoms with Gasteiger partial charge in [-0.15, -0.1) is 0 Å². The molecule has 0 bridgehead atoms. The maximum Gasteiger partial charge on any atom is 0.258 e. The van der Waals surface area contributed by atoms with Crippen molar-refractivity contribution < 1.29 is 27.9 Å². The van der Waals surface area contributed by atoms with E-state index in [1.165, 1.54) is 23.5 Å². The van der Waals surface area contributed by atoms with Crippen molar-refractivity contribution in [1.82, 2.24) is 9.21 Å². The van der Waals surface area contributed by atoms with Crippen molar-refractivity contribution in [2.24, 2.45) is 5.92 Å². The van der Waals surface area contributed by atoms with E-state index in [1.54, 1.807) is 48.2 Å². The fraction of sp³-hybridized carbons (Fsp3) is 0.333. The molecule has 0 aliphatic carbocycles. The number of carbonyl (C=O) groups is 2. The molecule has 1 heterocycles. The highest BCUT2D eigenvalue weighted by atomic mass is 32.2. The SMILES string of the molecule is C[C@H](CO)N1C[C@H](C)[C@@H](CN(C)S(=O)(=O)c2ccccc2)Oc2c(NC(=O)Cc3ccccc3)cccc2C1=O. The Labute approximate surface area is 235 Å². The fourth-order valence-electron chi connectivity index (χ4n) is 4.66. The lowest BCUT2D eigenvalue weighted by molar-refractivity contribution is -0.115. The van der Waals surface area contributed by atoms with Gasteiger partial charge in [-0.1, -0.05) is 61.5 Å². The molecule has 9 nitrogen and oxygen atoms in total. The van der Waals surface area contributed by atoms with E-state index >= 15 is 0 Å². The second-order valence-corrected chi connectivity index (χ2v) is 12.2. The topological polar surface area (TPSA) is 116 Å². The van der Waals surface area contributed by atoms with Gasteiger partial charge in [0.2, 0.25) is 15.9 Å². The second-order valence-electron chi connectivity index (χ2n) is 10.1. The summed E-state index contributed by atoms with van der Waals surface area (Å²) in [6.45, 7) is 3.63. The molecule has 0 saturated heterocycles. The molecule has 1 aliphatic heterocycles. The summed E-state index contributed by atoms with van der Waals surface area (Å²) in [7, 11) is -2.32. The average Bonchev–Trinajstić information content (AvgIpc) is 2.95. The fourth-order valence-corrected chi connectivity index (χ4v) is 5.86. The van der Waals surface area contributed by atoms with Crippen LogP contribution in [0.5, 0.6) is 5.75 Å². The summed E-state index contributed by atoms with van der Waals surface area (Å²) in [5.74, 6) is -0.767. The summed E-state index contributed by atoms with van der Waals surface area (Å²) in [4.78, 5) is 28.3. The number of sulfonamides is 1. The van der Waals surface area contributed by atoms with Crippen LogP contribution in [0.4, 0.5) is 5.69 Å². The van der Waals surface area contributed by atoms with E-state index in [2.05, 4.69) is 5.32 Å². The highest BCUT2D eigenvalue weighted by molar-refractivity contribution is 7.89. The van der Waals surface area contributed by atoms with E-state index in [1.807, 2.05) is 37.3 Å². The third-order valence-electron chi connectivity index (χ3n) is 7.06. The first kappa shape index (κ1) is 29.3.